The van der Waals surface area contributed by atoms with Crippen LogP contribution in [0.15, 0.2) is 35.5 Å². The maximum Gasteiger partial charge on any atom is 0.350 e. The molecule has 4 aromatic rings. The van der Waals surface area contributed by atoms with E-state index < -0.39 is 15.8 Å². The lowest BCUT2D eigenvalue weighted by molar-refractivity contribution is 0.0531. The number of rotatable bonds is 9. The number of hydrogen-bond donors (Lipinski definition) is 2. The van der Waals surface area contributed by atoms with Crippen LogP contribution in [0.3, 0.4) is 0 Å². The Balaban J connectivity index is 1.49. The van der Waals surface area contributed by atoms with Gasteiger partial charge in [0.05, 0.1) is 30.1 Å². The first kappa shape index (κ1) is 28.9. The van der Waals surface area contributed by atoms with Gasteiger partial charge in [0.15, 0.2) is 32.0 Å². The Bertz CT molecular complexity index is 1650. The molecule has 0 aliphatic carbocycles. The molecule has 0 spiro atoms. The predicted molar refractivity (Wildman–Crippen MR) is 157 cm³/mol. The highest BCUT2D eigenvalue weighted by atomic mass is 32.2. The highest BCUT2D eigenvalue weighted by Crippen LogP contribution is 2.28. The summed E-state index contributed by atoms with van der Waals surface area (Å²) in [5.41, 5.74) is 6.09. The minimum atomic E-state index is -3.29. The van der Waals surface area contributed by atoms with Gasteiger partial charge in [-0.2, -0.15) is 9.97 Å². The standard InChI is InChI=1S/C26H33N9O4S2/c1-5-39-24(36)21-17(2)28-26(40-21)31-25-29-22(32-35-12-6-11-33(3)13-14-35)20-23(30-25)34(16-27-20)15-18-7-9-19(10-8-18)41(4,37)38/h7-10,16H,5-6,11-15H2,1-4H3,(H2,28,29,30,31,32). The van der Waals surface area contributed by atoms with Crippen molar-refractivity contribution in [2.75, 3.05) is 56.8 Å². The van der Waals surface area contributed by atoms with Crippen molar-refractivity contribution in [1.82, 2.24) is 34.4 Å². The summed E-state index contributed by atoms with van der Waals surface area (Å²) in [7, 11) is -1.18. The molecule has 3 aromatic heterocycles. The van der Waals surface area contributed by atoms with Gasteiger partial charge in [-0.3, -0.25) is 5.32 Å². The number of aromatic nitrogens is 5. The average molecular weight is 600 g/mol. The van der Waals surface area contributed by atoms with E-state index >= 15 is 0 Å². The fourth-order valence-corrected chi connectivity index (χ4v) is 5.96. The van der Waals surface area contributed by atoms with Crippen LogP contribution in [0.25, 0.3) is 11.2 Å². The molecule has 4 heterocycles. The topological polar surface area (TPSA) is 147 Å². The zero-order valence-electron chi connectivity index (χ0n) is 23.4. The van der Waals surface area contributed by atoms with E-state index in [0.29, 0.717) is 45.2 Å². The number of esters is 1. The third kappa shape index (κ3) is 6.81. The van der Waals surface area contributed by atoms with Crippen LogP contribution in [-0.4, -0.2) is 94.9 Å². The van der Waals surface area contributed by atoms with E-state index in [1.165, 1.54) is 17.6 Å². The number of hydrazine groups is 1. The molecule has 13 nitrogen and oxygen atoms in total. The second-order valence-corrected chi connectivity index (χ2v) is 12.9. The molecule has 218 valence electrons. The van der Waals surface area contributed by atoms with Gasteiger partial charge in [0.25, 0.3) is 0 Å². The summed E-state index contributed by atoms with van der Waals surface area (Å²) in [5.74, 6) is 0.428. The normalized spacial score (nSPS) is 15.1. The zero-order chi connectivity index (χ0) is 29.1. The molecule has 41 heavy (non-hydrogen) atoms. The molecule has 5 rings (SSSR count). The highest BCUT2D eigenvalue weighted by Gasteiger charge is 2.21. The molecule has 0 saturated carbocycles. The number of aryl methyl sites for hydroxylation is 1. The average Bonchev–Trinajstić information content (AvgIpc) is 3.42. The van der Waals surface area contributed by atoms with Crippen molar-refractivity contribution in [2.45, 2.75) is 31.7 Å². The van der Waals surface area contributed by atoms with Crippen molar-refractivity contribution < 1.29 is 17.9 Å². The maximum atomic E-state index is 12.3. The predicted octanol–water partition coefficient (Wildman–Crippen LogP) is 2.93. The van der Waals surface area contributed by atoms with E-state index in [1.807, 2.05) is 4.57 Å². The third-order valence-electron chi connectivity index (χ3n) is 6.63. The van der Waals surface area contributed by atoms with Crippen LogP contribution in [0, 0.1) is 6.92 Å². The molecule has 0 unspecified atom stereocenters. The fourth-order valence-electron chi connectivity index (χ4n) is 4.47. The molecule has 1 fully saturated rings. The molecule has 1 saturated heterocycles. The van der Waals surface area contributed by atoms with Gasteiger partial charge >= 0.3 is 5.97 Å². The summed E-state index contributed by atoms with van der Waals surface area (Å²) in [6, 6.07) is 6.76. The van der Waals surface area contributed by atoms with Crippen molar-refractivity contribution in [3.63, 3.8) is 0 Å². The number of benzene rings is 1. The van der Waals surface area contributed by atoms with Gasteiger partial charge in [-0.05, 0) is 51.6 Å². The van der Waals surface area contributed by atoms with Crippen LogP contribution in [0.1, 0.15) is 34.3 Å². The Labute approximate surface area is 242 Å². The molecule has 0 atom stereocenters. The molecule has 0 bridgehead atoms. The smallest absolute Gasteiger partial charge is 0.350 e. The van der Waals surface area contributed by atoms with Crippen LogP contribution < -0.4 is 10.7 Å². The number of imidazole rings is 1. The highest BCUT2D eigenvalue weighted by molar-refractivity contribution is 7.90. The Hall–Kier alpha value is -3.66. The Morgan fingerprint density at radius 3 is 2.61 bits per heavy atom. The Morgan fingerprint density at radius 2 is 1.88 bits per heavy atom. The lowest BCUT2D eigenvalue weighted by Gasteiger charge is -2.22. The van der Waals surface area contributed by atoms with Crippen molar-refractivity contribution in [2.24, 2.45) is 0 Å². The SMILES string of the molecule is CCOC(=O)c1sc(Nc2nc(NN3CCCN(C)CC3)c3ncn(Cc4ccc(S(C)(=O)=O)cc4)c3n2)nc1C. The number of hydrogen-bond acceptors (Lipinski definition) is 13. The first-order chi connectivity index (χ1) is 19.6. The van der Waals surface area contributed by atoms with Gasteiger partial charge in [0.2, 0.25) is 5.95 Å². The number of ether oxygens (including phenoxy) is 1. The summed E-state index contributed by atoms with van der Waals surface area (Å²) in [6.45, 7) is 7.81. The number of carbonyl (C=O) groups excluding carboxylic acids is 1. The number of fused-ring (bicyclic) bond motifs is 1. The molecule has 0 radical (unpaired) electrons. The van der Waals surface area contributed by atoms with Crippen LogP contribution in [0.5, 0.6) is 0 Å². The van der Waals surface area contributed by atoms with Crippen molar-refractivity contribution in [3.05, 3.63) is 46.7 Å². The Morgan fingerprint density at radius 1 is 1.10 bits per heavy atom. The molecule has 2 N–H and O–H groups in total. The molecule has 15 heteroatoms. The molecular formula is C26H33N9O4S2. The summed E-state index contributed by atoms with van der Waals surface area (Å²) < 4.78 is 30.8. The first-order valence-electron chi connectivity index (χ1n) is 13.2. The first-order valence-corrected chi connectivity index (χ1v) is 15.9. The second kappa shape index (κ2) is 12.1. The van der Waals surface area contributed by atoms with Gasteiger partial charge in [0, 0.05) is 25.9 Å². The van der Waals surface area contributed by atoms with Gasteiger partial charge in [-0.15, -0.1) is 0 Å². The minimum Gasteiger partial charge on any atom is -0.462 e. The number of likely N-dealkylation sites (N-methyl/N-ethyl adjacent to an activating group) is 1. The minimum absolute atomic E-state index is 0.265. The van der Waals surface area contributed by atoms with Crippen molar-refractivity contribution >= 4 is 55.2 Å². The number of anilines is 3. The molecule has 1 aromatic carbocycles. The molecule has 1 aliphatic heterocycles. The van der Waals surface area contributed by atoms with Gasteiger partial charge in [-0.1, -0.05) is 23.5 Å². The van der Waals surface area contributed by atoms with Gasteiger partial charge in [0.1, 0.15) is 4.88 Å². The monoisotopic (exact) mass is 599 g/mol. The van der Waals surface area contributed by atoms with E-state index in [9.17, 15) is 13.2 Å². The number of carbonyl (C=O) groups is 1. The van der Waals surface area contributed by atoms with Crippen LogP contribution in [0.2, 0.25) is 0 Å². The molecular weight excluding hydrogens is 566 g/mol. The van der Waals surface area contributed by atoms with E-state index in [4.69, 9.17) is 14.7 Å². The maximum absolute atomic E-state index is 12.3. The summed E-state index contributed by atoms with van der Waals surface area (Å²) in [6.07, 6.45) is 3.89. The van der Waals surface area contributed by atoms with E-state index in [2.05, 4.69) is 37.7 Å². The zero-order valence-corrected chi connectivity index (χ0v) is 25.0. The van der Waals surface area contributed by atoms with Crippen molar-refractivity contribution in [1.29, 1.82) is 0 Å². The van der Waals surface area contributed by atoms with Gasteiger partial charge in [-0.25, -0.2) is 28.2 Å². The molecule has 0 amide bonds. The quantitative estimate of drug-likeness (QED) is 0.273. The summed E-state index contributed by atoms with van der Waals surface area (Å²) in [4.78, 5) is 33.9. The fraction of sp³-hybridized carbons (Fsp3) is 0.423. The third-order valence-corrected chi connectivity index (χ3v) is 8.81. The van der Waals surface area contributed by atoms with Crippen LogP contribution in [-0.2, 0) is 21.1 Å². The number of thiazole rings is 1. The second-order valence-electron chi connectivity index (χ2n) is 9.89. The van der Waals surface area contributed by atoms with Gasteiger partial charge < -0.3 is 19.6 Å². The number of sulfone groups is 1. The van der Waals surface area contributed by atoms with Crippen molar-refractivity contribution in [3.8, 4) is 0 Å². The lowest BCUT2D eigenvalue weighted by Crippen LogP contribution is -2.34. The van der Waals surface area contributed by atoms with E-state index in [0.717, 1.165) is 38.2 Å². The largest absolute Gasteiger partial charge is 0.462 e. The summed E-state index contributed by atoms with van der Waals surface area (Å²) >= 11 is 1.18. The van der Waals surface area contributed by atoms with E-state index in [1.54, 1.807) is 44.4 Å². The van der Waals surface area contributed by atoms with Crippen LogP contribution in [0.4, 0.5) is 16.9 Å². The lowest BCUT2D eigenvalue weighted by atomic mass is 10.2. The number of nitrogens with one attached hydrogen (secondary N) is 2. The van der Waals surface area contributed by atoms with Crippen LogP contribution >= 0.6 is 11.3 Å². The Kier molecular flexibility index (Phi) is 8.49. The number of nitrogens with zero attached hydrogens (tertiary/aromatic N) is 7. The van der Waals surface area contributed by atoms with E-state index in [-0.39, 0.29) is 11.5 Å². The summed E-state index contributed by atoms with van der Waals surface area (Å²) in [5, 5.41) is 5.76. The molecule has 1 aliphatic rings.